The molecule has 4 rings (SSSR count). The highest BCUT2D eigenvalue weighted by molar-refractivity contribution is 6.30. The Bertz CT molecular complexity index is 1400. The van der Waals surface area contributed by atoms with Crippen LogP contribution in [-0.4, -0.2) is 27.0 Å². The summed E-state index contributed by atoms with van der Waals surface area (Å²) in [6.45, 7) is 2.46. The van der Waals surface area contributed by atoms with Crippen molar-refractivity contribution in [1.29, 1.82) is 0 Å². The Hall–Kier alpha value is -4.17. The number of amides is 1. The van der Waals surface area contributed by atoms with Crippen LogP contribution in [0.25, 0.3) is 11.3 Å². The number of nitrogens with zero attached hydrogens (tertiary/aromatic N) is 3. The van der Waals surface area contributed by atoms with Crippen LogP contribution in [0, 0.1) is 6.92 Å². The van der Waals surface area contributed by atoms with Gasteiger partial charge in [-0.1, -0.05) is 60.1 Å². The fourth-order valence-corrected chi connectivity index (χ4v) is 3.90. The molecule has 0 saturated heterocycles. The number of halogens is 1. The van der Waals surface area contributed by atoms with E-state index in [9.17, 15) is 9.59 Å². The van der Waals surface area contributed by atoms with E-state index in [-0.39, 0.29) is 30.4 Å². The van der Waals surface area contributed by atoms with Gasteiger partial charge in [0.2, 0.25) is 5.91 Å². The molecule has 8 nitrogen and oxygen atoms in total. The Morgan fingerprint density at radius 1 is 1.06 bits per heavy atom. The maximum Gasteiger partial charge on any atom is 0.294 e. The standard InChI is InChI=1S/C27H27ClN6O2/c1-18-21(9-12-24(29)33-18)15-31-25(35)17-34-23(20-7-10-22(28)11-8-20)16-32-26(27(34)36)30-14-13-19-5-3-2-4-6-19/h2-12,16H,13-15,17H2,1H3,(H2,29,33)(H,30,32)(H,31,35). The molecule has 0 radical (unpaired) electrons. The van der Waals surface area contributed by atoms with E-state index in [1.165, 1.54) is 4.57 Å². The van der Waals surface area contributed by atoms with Crippen molar-refractivity contribution in [2.75, 3.05) is 17.6 Å². The molecule has 0 bridgehead atoms. The zero-order valence-corrected chi connectivity index (χ0v) is 20.6. The van der Waals surface area contributed by atoms with Crippen molar-refractivity contribution in [3.8, 4) is 11.3 Å². The normalized spacial score (nSPS) is 10.7. The SMILES string of the molecule is Cc1nc(N)ccc1CNC(=O)Cn1c(-c2ccc(Cl)cc2)cnc(NCCc2ccccc2)c1=O. The van der Waals surface area contributed by atoms with Crippen molar-refractivity contribution in [2.45, 2.75) is 26.4 Å². The highest BCUT2D eigenvalue weighted by Crippen LogP contribution is 2.21. The van der Waals surface area contributed by atoms with Crippen molar-refractivity contribution in [2.24, 2.45) is 0 Å². The molecule has 184 valence electrons. The van der Waals surface area contributed by atoms with Gasteiger partial charge in [-0.3, -0.25) is 14.2 Å². The molecule has 4 N–H and O–H groups in total. The van der Waals surface area contributed by atoms with Gasteiger partial charge in [0.25, 0.3) is 5.56 Å². The van der Waals surface area contributed by atoms with Gasteiger partial charge in [-0.05, 0) is 48.2 Å². The average Bonchev–Trinajstić information content (AvgIpc) is 2.87. The number of carbonyl (C=O) groups excluding carboxylic acids is 1. The van der Waals surface area contributed by atoms with Crippen LogP contribution in [0.4, 0.5) is 11.6 Å². The lowest BCUT2D eigenvalue weighted by Gasteiger charge is -2.15. The Morgan fingerprint density at radius 2 is 1.81 bits per heavy atom. The predicted octanol–water partition coefficient (Wildman–Crippen LogP) is 3.82. The van der Waals surface area contributed by atoms with Crippen molar-refractivity contribution in [3.05, 3.63) is 105 Å². The summed E-state index contributed by atoms with van der Waals surface area (Å²) in [6.07, 6.45) is 2.33. The van der Waals surface area contributed by atoms with Crippen LogP contribution in [0.5, 0.6) is 0 Å². The van der Waals surface area contributed by atoms with E-state index in [1.807, 2.05) is 43.3 Å². The van der Waals surface area contributed by atoms with E-state index in [0.717, 1.165) is 28.8 Å². The smallest absolute Gasteiger partial charge is 0.294 e. The van der Waals surface area contributed by atoms with E-state index in [0.29, 0.717) is 23.1 Å². The van der Waals surface area contributed by atoms with E-state index in [4.69, 9.17) is 17.3 Å². The van der Waals surface area contributed by atoms with Crippen LogP contribution < -0.4 is 21.9 Å². The predicted molar refractivity (Wildman–Crippen MR) is 143 cm³/mol. The summed E-state index contributed by atoms with van der Waals surface area (Å²) in [6, 6.07) is 20.5. The molecule has 2 aromatic heterocycles. The molecule has 4 aromatic rings. The molecular formula is C27H27ClN6O2. The minimum absolute atomic E-state index is 0.172. The van der Waals surface area contributed by atoms with Gasteiger partial charge in [0, 0.05) is 23.8 Å². The fraction of sp³-hybridized carbons (Fsp3) is 0.185. The molecule has 0 aliphatic heterocycles. The molecule has 0 fully saturated rings. The maximum absolute atomic E-state index is 13.4. The molecule has 9 heteroatoms. The van der Waals surface area contributed by atoms with Crippen LogP contribution in [0.3, 0.4) is 0 Å². The summed E-state index contributed by atoms with van der Waals surface area (Å²) < 4.78 is 1.42. The molecular weight excluding hydrogens is 476 g/mol. The molecule has 0 aliphatic carbocycles. The molecule has 0 saturated carbocycles. The third kappa shape index (κ3) is 6.28. The second-order valence-corrected chi connectivity index (χ2v) is 8.75. The minimum Gasteiger partial charge on any atom is -0.384 e. The first-order valence-electron chi connectivity index (χ1n) is 11.5. The van der Waals surface area contributed by atoms with Gasteiger partial charge in [-0.2, -0.15) is 0 Å². The summed E-state index contributed by atoms with van der Waals surface area (Å²) in [5, 5.41) is 6.56. The molecule has 0 spiro atoms. The second kappa shape index (κ2) is 11.5. The quantitative estimate of drug-likeness (QED) is 0.320. The van der Waals surface area contributed by atoms with Crippen LogP contribution in [0.1, 0.15) is 16.8 Å². The molecule has 0 aliphatic rings. The van der Waals surface area contributed by atoms with Gasteiger partial charge in [-0.15, -0.1) is 0 Å². The molecule has 2 heterocycles. The number of carbonyl (C=O) groups is 1. The zero-order valence-electron chi connectivity index (χ0n) is 19.9. The summed E-state index contributed by atoms with van der Waals surface area (Å²) in [5.74, 6) is 0.297. The molecule has 2 aromatic carbocycles. The number of anilines is 2. The van der Waals surface area contributed by atoms with E-state index in [1.54, 1.807) is 36.5 Å². The average molecular weight is 503 g/mol. The Labute approximate surface area is 214 Å². The number of nitrogens with two attached hydrogens (primary N) is 1. The topological polar surface area (TPSA) is 115 Å². The Morgan fingerprint density at radius 3 is 2.53 bits per heavy atom. The third-order valence-corrected chi connectivity index (χ3v) is 5.99. The number of hydrogen-bond donors (Lipinski definition) is 3. The summed E-state index contributed by atoms with van der Waals surface area (Å²) in [7, 11) is 0. The number of hydrogen-bond acceptors (Lipinski definition) is 6. The Balaban J connectivity index is 1.55. The van der Waals surface area contributed by atoms with Crippen LogP contribution >= 0.6 is 11.6 Å². The van der Waals surface area contributed by atoms with Crippen molar-refractivity contribution < 1.29 is 4.79 Å². The lowest BCUT2D eigenvalue weighted by atomic mass is 10.1. The van der Waals surface area contributed by atoms with Gasteiger partial charge in [0.1, 0.15) is 12.4 Å². The number of nitrogens with one attached hydrogen (secondary N) is 2. The van der Waals surface area contributed by atoms with Gasteiger partial charge < -0.3 is 16.4 Å². The summed E-state index contributed by atoms with van der Waals surface area (Å²) >= 11 is 6.04. The van der Waals surface area contributed by atoms with Gasteiger partial charge >= 0.3 is 0 Å². The lowest BCUT2D eigenvalue weighted by molar-refractivity contribution is -0.121. The monoisotopic (exact) mass is 502 g/mol. The number of aryl methyl sites for hydroxylation is 1. The van der Waals surface area contributed by atoms with Crippen molar-refractivity contribution in [1.82, 2.24) is 19.9 Å². The largest absolute Gasteiger partial charge is 0.384 e. The Kier molecular flexibility index (Phi) is 7.97. The number of benzene rings is 2. The van der Waals surface area contributed by atoms with Gasteiger partial charge in [0.05, 0.1) is 11.9 Å². The zero-order chi connectivity index (χ0) is 25.5. The lowest BCUT2D eigenvalue weighted by Crippen LogP contribution is -2.34. The minimum atomic E-state index is -0.379. The number of aromatic nitrogens is 3. The number of rotatable bonds is 9. The van der Waals surface area contributed by atoms with E-state index in [2.05, 4.69) is 20.6 Å². The van der Waals surface area contributed by atoms with Crippen molar-refractivity contribution >= 4 is 29.1 Å². The number of nitrogen functional groups attached to an aromatic ring is 1. The van der Waals surface area contributed by atoms with Crippen LogP contribution in [0.2, 0.25) is 5.02 Å². The molecule has 1 amide bonds. The molecule has 0 unspecified atom stereocenters. The first-order chi connectivity index (χ1) is 17.4. The van der Waals surface area contributed by atoms with Crippen LogP contribution in [0.15, 0.2) is 77.7 Å². The highest BCUT2D eigenvalue weighted by atomic mass is 35.5. The number of pyridine rings is 1. The highest BCUT2D eigenvalue weighted by Gasteiger charge is 2.15. The first-order valence-corrected chi connectivity index (χ1v) is 11.9. The molecule has 0 atom stereocenters. The third-order valence-electron chi connectivity index (χ3n) is 5.74. The first kappa shape index (κ1) is 24.9. The second-order valence-electron chi connectivity index (χ2n) is 8.31. The van der Waals surface area contributed by atoms with Gasteiger partial charge in [-0.25, -0.2) is 9.97 Å². The maximum atomic E-state index is 13.4. The van der Waals surface area contributed by atoms with Crippen LogP contribution in [-0.2, 0) is 24.3 Å². The van der Waals surface area contributed by atoms with E-state index >= 15 is 0 Å². The van der Waals surface area contributed by atoms with E-state index < -0.39 is 0 Å². The summed E-state index contributed by atoms with van der Waals surface area (Å²) in [5.41, 5.74) is 9.31. The van der Waals surface area contributed by atoms with Crippen molar-refractivity contribution in [3.63, 3.8) is 0 Å². The summed E-state index contributed by atoms with van der Waals surface area (Å²) in [4.78, 5) is 34.8. The fourth-order valence-electron chi connectivity index (χ4n) is 3.78. The van der Waals surface area contributed by atoms with Gasteiger partial charge in [0.15, 0.2) is 5.82 Å². The molecule has 36 heavy (non-hydrogen) atoms.